The minimum atomic E-state index is -0.497. The summed E-state index contributed by atoms with van der Waals surface area (Å²) < 4.78 is 5.32. The molecule has 1 amide bonds. The van der Waals surface area contributed by atoms with Crippen LogP contribution in [0.4, 0.5) is 0 Å². The molecule has 0 unspecified atom stereocenters. The van der Waals surface area contributed by atoms with Gasteiger partial charge in [0.2, 0.25) is 5.91 Å². The van der Waals surface area contributed by atoms with Crippen molar-refractivity contribution in [3.63, 3.8) is 0 Å². The van der Waals surface area contributed by atoms with Crippen molar-refractivity contribution in [3.05, 3.63) is 41.5 Å². The first kappa shape index (κ1) is 19.7. The van der Waals surface area contributed by atoms with Crippen LogP contribution in [0.1, 0.15) is 45.2 Å². The summed E-state index contributed by atoms with van der Waals surface area (Å²) in [6, 6.07) is 8.41. The van der Waals surface area contributed by atoms with E-state index in [0.29, 0.717) is 12.5 Å². The summed E-state index contributed by atoms with van der Waals surface area (Å²) in [5, 5.41) is 3.07. The van der Waals surface area contributed by atoms with E-state index in [1.54, 1.807) is 7.11 Å². The van der Waals surface area contributed by atoms with E-state index in [2.05, 4.69) is 54.4 Å². The molecule has 0 saturated carbocycles. The van der Waals surface area contributed by atoms with Gasteiger partial charge in [0, 0.05) is 26.7 Å². The molecule has 0 radical (unpaired) electrons. The Morgan fingerprint density at radius 3 is 2.64 bits per heavy atom. The zero-order chi connectivity index (χ0) is 18.4. The Morgan fingerprint density at radius 1 is 1.32 bits per heavy atom. The van der Waals surface area contributed by atoms with Gasteiger partial charge in [0.15, 0.2) is 0 Å². The minimum Gasteiger partial charge on any atom is -0.380 e. The summed E-state index contributed by atoms with van der Waals surface area (Å²) in [5.74, 6) is 0.572. The highest BCUT2D eigenvalue weighted by Gasteiger charge is 2.35. The molecule has 4 heteroatoms. The van der Waals surface area contributed by atoms with Crippen molar-refractivity contribution < 1.29 is 9.53 Å². The van der Waals surface area contributed by atoms with Gasteiger partial charge < -0.3 is 10.1 Å². The second-order valence-corrected chi connectivity index (χ2v) is 7.68. The Morgan fingerprint density at radius 2 is 2.04 bits per heavy atom. The summed E-state index contributed by atoms with van der Waals surface area (Å²) in [6.45, 7) is 11.3. The molecule has 0 bridgehead atoms. The third-order valence-electron chi connectivity index (χ3n) is 4.89. The van der Waals surface area contributed by atoms with E-state index in [9.17, 15) is 4.79 Å². The van der Waals surface area contributed by atoms with Gasteiger partial charge in [0.1, 0.15) is 0 Å². The molecule has 0 atom stereocenters. The first-order valence-corrected chi connectivity index (χ1v) is 9.15. The van der Waals surface area contributed by atoms with E-state index in [-0.39, 0.29) is 5.91 Å². The molecule has 0 saturated heterocycles. The number of benzene rings is 1. The first-order valence-electron chi connectivity index (χ1n) is 9.15. The van der Waals surface area contributed by atoms with Crippen LogP contribution >= 0.6 is 0 Å². The van der Waals surface area contributed by atoms with Gasteiger partial charge in [0.05, 0.1) is 12.1 Å². The maximum Gasteiger partial charge on any atom is 0.239 e. The lowest BCUT2D eigenvalue weighted by Gasteiger charge is -2.39. The number of nitrogens with zero attached hydrogens (tertiary/aromatic N) is 1. The predicted molar refractivity (Wildman–Crippen MR) is 103 cm³/mol. The van der Waals surface area contributed by atoms with Gasteiger partial charge in [-0.3, -0.25) is 9.69 Å². The Bertz CT molecular complexity index is 620. The average molecular weight is 344 g/mol. The van der Waals surface area contributed by atoms with Crippen LogP contribution in [-0.2, 0) is 16.1 Å². The van der Waals surface area contributed by atoms with Crippen LogP contribution in [-0.4, -0.2) is 43.1 Å². The molecule has 1 aliphatic heterocycles. The van der Waals surface area contributed by atoms with E-state index in [1.165, 1.54) is 16.7 Å². The first-order chi connectivity index (χ1) is 11.9. The van der Waals surface area contributed by atoms with Crippen LogP contribution in [0, 0.1) is 5.92 Å². The quantitative estimate of drug-likeness (QED) is 0.823. The lowest BCUT2D eigenvalue weighted by molar-refractivity contribution is -0.131. The van der Waals surface area contributed by atoms with Crippen molar-refractivity contribution in [1.29, 1.82) is 0 Å². The fourth-order valence-electron chi connectivity index (χ4n) is 3.19. The highest BCUT2D eigenvalue weighted by molar-refractivity contribution is 5.85. The topological polar surface area (TPSA) is 41.6 Å². The molecule has 1 N–H and O–H groups in total. The van der Waals surface area contributed by atoms with E-state index in [0.717, 1.165) is 26.1 Å². The summed E-state index contributed by atoms with van der Waals surface area (Å²) >= 11 is 0. The Labute approximate surface area is 152 Å². The molecule has 1 aromatic rings. The minimum absolute atomic E-state index is 0.109. The maximum absolute atomic E-state index is 12.6. The van der Waals surface area contributed by atoms with E-state index >= 15 is 0 Å². The average Bonchev–Trinajstić information content (AvgIpc) is 2.60. The molecule has 0 fully saturated rings. The predicted octanol–water partition coefficient (Wildman–Crippen LogP) is 3.47. The van der Waals surface area contributed by atoms with Crippen LogP contribution in [0.25, 0.3) is 5.57 Å². The van der Waals surface area contributed by atoms with Gasteiger partial charge in [-0.2, -0.15) is 0 Å². The molecule has 138 valence electrons. The largest absolute Gasteiger partial charge is 0.380 e. The van der Waals surface area contributed by atoms with Crippen molar-refractivity contribution in [3.8, 4) is 0 Å². The van der Waals surface area contributed by atoms with Crippen LogP contribution in [0.2, 0.25) is 0 Å². The number of nitrogens with one attached hydrogen (secondary N) is 1. The molecule has 1 heterocycles. The Hall–Kier alpha value is -1.65. The highest BCUT2D eigenvalue weighted by atomic mass is 16.5. The molecule has 0 aromatic heterocycles. The fraction of sp³-hybridized carbons (Fsp3) is 0.571. The maximum atomic E-state index is 12.6. The van der Waals surface area contributed by atoms with Crippen LogP contribution in [0.15, 0.2) is 30.3 Å². The molecule has 2 rings (SSSR count). The second-order valence-electron chi connectivity index (χ2n) is 7.68. The number of carbonyl (C=O) groups excluding carboxylic acids is 1. The zero-order valence-electron chi connectivity index (χ0n) is 16.3. The normalized spacial score (nSPS) is 16.0. The molecule has 25 heavy (non-hydrogen) atoms. The molecule has 0 spiro atoms. The number of carbonyl (C=O) groups is 1. The lowest BCUT2D eigenvalue weighted by Crippen LogP contribution is -2.56. The smallest absolute Gasteiger partial charge is 0.239 e. The van der Waals surface area contributed by atoms with Gasteiger partial charge in [-0.1, -0.05) is 44.2 Å². The highest BCUT2D eigenvalue weighted by Crippen LogP contribution is 2.28. The third kappa shape index (κ3) is 4.93. The van der Waals surface area contributed by atoms with Crippen molar-refractivity contribution in [2.45, 2.75) is 46.3 Å². The van der Waals surface area contributed by atoms with Gasteiger partial charge in [-0.15, -0.1) is 0 Å². The number of hydrogen-bond donors (Lipinski definition) is 1. The monoisotopic (exact) mass is 344 g/mol. The van der Waals surface area contributed by atoms with Crippen LogP contribution < -0.4 is 5.32 Å². The summed E-state index contributed by atoms with van der Waals surface area (Å²) in [7, 11) is 1.73. The van der Waals surface area contributed by atoms with Crippen molar-refractivity contribution in [2.75, 3.05) is 26.7 Å². The van der Waals surface area contributed by atoms with Gasteiger partial charge in [-0.05, 0) is 42.9 Å². The number of methoxy groups -OCH3 is 1. The van der Waals surface area contributed by atoms with Crippen LogP contribution in [0.3, 0.4) is 0 Å². The van der Waals surface area contributed by atoms with E-state index in [4.69, 9.17) is 4.74 Å². The number of hydrogen-bond acceptors (Lipinski definition) is 3. The van der Waals surface area contributed by atoms with E-state index in [1.807, 2.05) is 13.8 Å². The van der Waals surface area contributed by atoms with Crippen LogP contribution in [0.5, 0.6) is 0 Å². The molecule has 1 aromatic carbocycles. The van der Waals surface area contributed by atoms with Gasteiger partial charge in [-0.25, -0.2) is 0 Å². The van der Waals surface area contributed by atoms with E-state index < -0.39 is 5.54 Å². The molecule has 4 nitrogen and oxygen atoms in total. The Kier molecular flexibility index (Phi) is 6.79. The van der Waals surface area contributed by atoms with Crippen molar-refractivity contribution in [1.82, 2.24) is 10.2 Å². The molecule has 1 aliphatic rings. The number of ether oxygens (including phenoxy) is 1. The molecule has 0 aliphatic carbocycles. The summed E-state index contributed by atoms with van der Waals surface area (Å²) in [5.41, 5.74) is 3.34. The zero-order valence-corrected chi connectivity index (χ0v) is 16.3. The van der Waals surface area contributed by atoms with Crippen molar-refractivity contribution in [2.24, 2.45) is 5.92 Å². The molecular formula is C21H32N2O2. The standard InChI is InChI=1S/C21H32N2O2/c1-16(2)14-22-20(24)21(3,4)23-12-10-17(11-13-23)19-9-7-6-8-18(19)15-25-5/h6-10,16H,11-15H2,1-5H3,(H,22,24). The summed E-state index contributed by atoms with van der Waals surface area (Å²) in [4.78, 5) is 14.8. The lowest BCUT2D eigenvalue weighted by atomic mass is 9.92. The van der Waals surface area contributed by atoms with Crippen molar-refractivity contribution >= 4 is 11.5 Å². The third-order valence-corrected chi connectivity index (χ3v) is 4.89. The van der Waals surface area contributed by atoms with Gasteiger partial charge in [0.25, 0.3) is 0 Å². The second kappa shape index (κ2) is 8.63. The Balaban J connectivity index is 2.08. The number of amides is 1. The fourth-order valence-corrected chi connectivity index (χ4v) is 3.19. The molecular weight excluding hydrogens is 312 g/mol. The SMILES string of the molecule is COCc1ccccc1C1=CCN(C(C)(C)C(=O)NCC(C)C)CC1. The van der Waals surface area contributed by atoms with Gasteiger partial charge >= 0.3 is 0 Å². The summed E-state index contributed by atoms with van der Waals surface area (Å²) in [6.07, 6.45) is 3.21. The number of rotatable bonds is 7.